The number of piperazine rings is 2. The van der Waals surface area contributed by atoms with Crippen LogP contribution in [0.5, 0.6) is 0 Å². The molecule has 2 saturated heterocycles. The number of anilines is 3. The minimum absolute atomic E-state index is 0.885. The van der Waals surface area contributed by atoms with Crippen molar-refractivity contribution in [3.63, 3.8) is 0 Å². The van der Waals surface area contributed by atoms with Gasteiger partial charge in [-0.2, -0.15) is 4.98 Å². The van der Waals surface area contributed by atoms with Gasteiger partial charge in [-0.1, -0.05) is 25.1 Å². The van der Waals surface area contributed by atoms with Gasteiger partial charge < -0.3 is 19.6 Å². The highest BCUT2D eigenvalue weighted by atomic mass is 15.3. The van der Waals surface area contributed by atoms with E-state index in [2.05, 4.69) is 69.8 Å². The van der Waals surface area contributed by atoms with Gasteiger partial charge in [0.2, 0.25) is 5.95 Å². The second kappa shape index (κ2) is 8.13. The Hall–Kier alpha value is -2.34. The zero-order valence-corrected chi connectivity index (χ0v) is 16.5. The van der Waals surface area contributed by atoms with Gasteiger partial charge in [0, 0.05) is 69.8 Å². The van der Waals surface area contributed by atoms with Gasteiger partial charge >= 0.3 is 0 Å². The van der Waals surface area contributed by atoms with E-state index in [0.717, 1.165) is 76.4 Å². The van der Waals surface area contributed by atoms with Crippen molar-refractivity contribution in [3.05, 3.63) is 42.1 Å². The molecule has 2 aromatic rings. The third-order valence-electron chi connectivity index (χ3n) is 5.66. The van der Waals surface area contributed by atoms with Gasteiger partial charge in [-0.15, -0.1) is 0 Å². The summed E-state index contributed by atoms with van der Waals surface area (Å²) in [4.78, 5) is 19.3. The van der Waals surface area contributed by atoms with Crippen LogP contribution in [0.3, 0.4) is 0 Å². The first-order valence-electron chi connectivity index (χ1n) is 10.1. The standard InChI is InChI=1S/C21H30N6/c1-3-24-9-11-26(12-10-24)20-17-18(2)22-21(23-20)27-15-13-25(14-16-27)19-7-5-4-6-8-19/h4-8,17H,3,9-16H2,1-2H3. The molecule has 0 atom stereocenters. The molecule has 1 aromatic heterocycles. The second-order valence-corrected chi connectivity index (χ2v) is 7.40. The van der Waals surface area contributed by atoms with Crippen molar-refractivity contribution >= 4 is 17.5 Å². The number of hydrogen-bond donors (Lipinski definition) is 0. The number of likely N-dealkylation sites (N-methyl/N-ethyl adjacent to an activating group) is 1. The van der Waals surface area contributed by atoms with E-state index >= 15 is 0 Å². The lowest BCUT2D eigenvalue weighted by atomic mass is 10.2. The van der Waals surface area contributed by atoms with Crippen molar-refractivity contribution < 1.29 is 0 Å². The number of hydrogen-bond acceptors (Lipinski definition) is 6. The fraction of sp³-hybridized carbons (Fsp3) is 0.524. The summed E-state index contributed by atoms with van der Waals surface area (Å²) in [5.74, 6) is 1.97. The molecule has 2 aliphatic rings. The van der Waals surface area contributed by atoms with Gasteiger partial charge in [-0.25, -0.2) is 4.98 Å². The van der Waals surface area contributed by atoms with Crippen LogP contribution in [-0.4, -0.2) is 73.8 Å². The van der Waals surface area contributed by atoms with Crippen molar-refractivity contribution in [2.24, 2.45) is 0 Å². The van der Waals surface area contributed by atoms with Gasteiger partial charge in [0.15, 0.2) is 0 Å². The Bertz CT molecular complexity index is 734. The lowest BCUT2D eigenvalue weighted by Crippen LogP contribution is -2.48. The molecule has 144 valence electrons. The Kier molecular flexibility index (Phi) is 5.43. The van der Waals surface area contributed by atoms with Crippen LogP contribution in [-0.2, 0) is 0 Å². The summed E-state index contributed by atoms with van der Waals surface area (Å²) >= 11 is 0. The molecule has 4 rings (SSSR count). The van der Waals surface area contributed by atoms with Crippen molar-refractivity contribution in [1.82, 2.24) is 14.9 Å². The topological polar surface area (TPSA) is 38.7 Å². The quantitative estimate of drug-likeness (QED) is 0.826. The SMILES string of the molecule is CCN1CCN(c2cc(C)nc(N3CCN(c4ccccc4)CC3)n2)CC1. The minimum atomic E-state index is 0.885. The van der Waals surface area contributed by atoms with Crippen LogP contribution in [0.4, 0.5) is 17.5 Å². The van der Waals surface area contributed by atoms with Crippen molar-refractivity contribution in [2.75, 3.05) is 73.6 Å². The Morgan fingerprint density at radius 2 is 1.41 bits per heavy atom. The first-order chi connectivity index (χ1) is 13.2. The van der Waals surface area contributed by atoms with Crippen molar-refractivity contribution in [2.45, 2.75) is 13.8 Å². The lowest BCUT2D eigenvalue weighted by Gasteiger charge is -2.37. The Labute approximate surface area is 162 Å². The summed E-state index contributed by atoms with van der Waals surface area (Å²) in [5.41, 5.74) is 2.36. The predicted molar refractivity (Wildman–Crippen MR) is 112 cm³/mol. The van der Waals surface area contributed by atoms with E-state index in [4.69, 9.17) is 9.97 Å². The maximum atomic E-state index is 4.93. The molecule has 0 unspecified atom stereocenters. The molecule has 1 aromatic carbocycles. The number of para-hydroxylation sites is 1. The van der Waals surface area contributed by atoms with E-state index in [-0.39, 0.29) is 0 Å². The van der Waals surface area contributed by atoms with Gasteiger partial charge in [-0.3, -0.25) is 0 Å². The number of rotatable bonds is 4. The largest absolute Gasteiger partial charge is 0.368 e. The van der Waals surface area contributed by atoms with Crippen molar-refractivity contribution in [1.29, 1.82) is 0 Å². The summed E-state index contributed by atoms with van der Waals surface area (Å²) in [6.45, 7) is 13.7. The molecule has 0 aliphatic carbocycles. The molecule has 6 nitrogen and oxygen atoms in total. The molecule has 6 heteroatoms. The third kappa shape index (κ3) is 4.16. The average molecular weight is 367 g/mol. The maximum absolute atomic E-state index is 4.93. The number of aryl methyl sites for hydroxylation is 1. The maximum Gasteiger partial charge on any atom is 0.227 e. The van der Waals surface area contributed by atoms with Crippen LogP contribution in [0.1, 0.15) is 12.6 Å². The molecular formula is C21H30N6. The molecule has 0 N–H and O–H groups in total. The van der Waals surface area contributed by atoms with E-state index in [1.165, 1.54) is 5.69 Å². The zero-order chi connectivity index (χ0) is 18.6. The molecular weight excluding hydrogens is 336 g/mol. The van der Waals surface area contributed by atoms with Crippen LogP contribution in [0.15, 0.2) is 36.4 Å². The zero-order valence-electron chi connectivity index (χ0n) is 16.5. The van der Waals surface area contributed by atoms with Crippen LogP contribution in [0, 0.1) is 6.92 Å². The summed E-state index contributed by atoms with van der Waals surface area (Å²) in [6, 6.07) is 12.8. The van der Waals surface area contributed by atoms with Crippen LogP contribution < -0.4 is 14.7 Å². The lowest BCUT2D eigenvalue weighted by molar-refractivity contribution is 0.270. The number of aromatic nitrogens is 2. The first kappa shape index (κ1) is 18.0. The highest BCUT2D eigenvalue weighted by molar-refractivity contribution is 5.50. The summed E-state index contributed by atoms with van der Waals surface area (Å²) < 4.78 is 0. The molecule has 2 aliphatic heterocycles. The molecule has 0 bridgehead atoms. The second-order valence-electron chi connectivity index (χ2n) is 7.40. The predicted octanol–water partition coefficient (Wildman–Crippen LogP) is 2.25. The smallest absolute Gasteiger partial charge is 0.227 e. The minimum Gasteiger partial charge on any atom is -0.368 e. The summed E-state index contributed by atoms with van der Waals surface area (Å²) in [7, 11) is 0. The molecule has 0 spiro atoms. The van der Waals surface area contributed by atoms with Crippen LogP contribution >= 0.6 is 0 Å². The van der Waals surface area contributed by atoms with Crippen LogP contribution in [0.2, 0.25) is 0 Å². The highest BCUT2D eigenvalue weighted by Crippen LogP contribution is 2.22. The Morgan fingerprint density at radius 1 is 0.778 bits per heavy atom. The normalized spacial score (nSPS) is 18.8. The number of nitrogens with zero attached hydrogens (tertiary/aromatic N) is 6. The van der Waals surface area contributed by atoms with E-state index < -0.39 is 0 Å². The number of benzene rings is 1. The van der Waals surface area contributed by atoms with Gasteiger partial charge in [0.1, 0.15) is 5.82 Å². The summed E-state index contributed by atoms with van der Waals surface area (Å²) in [6.07, 6.45) is 0. The third-order valence-corrected chi connectivity index (χ3v) is 5.66. The van der Waals surface area contributed by atoms with Gasteiger partial charge in [0.25, 0.3) is 0 Å². The molecule has 0 radical (unpaired) electrons. The van der Waals surface area contributed by atoms with E-state index in [9.17, 15) is 0 Å². The molecule has 27 heavy (non-hydrogen) atoms. The molecule has 3 heterocycles. The monoisotopic (exact) mass is 366 g/mol. The van der Waals surface area contributed by atoms with Crippen LogP contribution in [0.25, 0.3) is 0 Å². The highest BCUT2D eigenvalue weighted by Gasteiger charge is 2.22. The van der Waals surface area contributed by atoms with Gasteiger partial charge in [-0.05, 0) is 25.6 Å². The Balaban J connectivity index is 1.43. The molecule has 0 saturated carbocycles. The Morgan fingerprint density at radius 3 is 2.07 bits per heavy atom. The van der Waals surface area contributed by atoms with E-state index in [1.54, 1.807) is 0 Å². The fourth-order valence-electron chi connectivity index (χ4n) is 3.94. The molecule has 0 amide bonds. The van der Waals surface area contributed by atoms with Crippen molar-refractivity contribution in [3.8, 4) is 0 Å². The van der Waals surface area contributed by atoms with Gasteiger partial charge in [0.05, 0.1) is 0 Å². The first-order valence-corrected chi connectivity index (χ1v) is 10.1. The molecule has 2 fully saturated rings. The fourth-order valence-corrected chi connectivity index (χ4v) is 3.94. The van der Waals surface area contributed by atoms with E-state index in [1.807, 2.05) is 0 Å². The average Bonchev–Trinajstić information content (AvgIpc) is 2.74. The van der Waals surface area contributed by atoms with E-state index in [0.29, 0.717) is 0 Å². The summed E-state index contributed by atoms with van der Waals surface area (Å²) in [5, 5.41) is 0.